The molecule has 4 nitrogen and oxygen atoms in total. The fraction of sp³-hybridized carbons (Fsp3) is 0.389. The maximum absolute atomic E-state index is 12.5. The molecule has 2 aromatic rings. The number of nitrogens with zero attached hydrogens (tertiary/aromatic N) is 3. The highest BCUT2D eigenvalue weighted by molar-refractivity contribution is 8.03. The molecule has 25 heavy (non-hydrogen) atoms. The number of rotatable bonds is 6. The minimum Gasteiger partial charge on any atom is -0.347 e. The summed E-state index contributed by atoms with van der Waals surface area (Å²) in [5.41, 5.74) is 3.30. The number of ketones is 1. The molecule has 3 rings (SSSR count). The fourth-order valence-corrected chi connectivity index (χ4v) is 5.76. The lowest BCUT2D eigenvalue weighted by Gasteiger charge is -2.23. The number of hydrogen-bond donors (Lipinski definition) is 0. The van der Waals surface area contributed by atoms with E-state index in [9.17, 15) is 4.79 Å². The minimum atomic E-state index is -0.167. The van der Waals surface area contributed by atoms with Gasteiger partial charge in [0.05, 0.1) is 5.75 Å². The van der Waals surface area contributed by atoms with E-state index in [2.05, 4.69) is 54.1 Å². The average Bonchev–Trinajstić information content (AvgIpc) is 3.11. The molecule has 0 N–H and O–H groups in total. The molecule has 1 aromatic carbocycles. The Labute approximate surface area is 161 Å². The Hall–Kier alpha value is -1.31. The van der Waals surface area contributed by atoms with Gasteiger partial charge in [-0.25, -0.2) is 0 Å². The Morgan fingerprint density at radius 3 is 2.60 bits per heavy atom. The summed E-state index contributed by atoms with van der Waals surface area (Å²) in [6.07, 6.45) is 1.79. The lowest BCUT2D eigenvalue weighted by atomic mass is 9.83. The Bertz CT molecular complexity index is 813. The number of thioether (sulfide) groups is 2. The highest BCUT2D eigenvalue weighted by Gasteiger charge is 2.38. The van der Waals surface area contributed by atoms with Crippen LogP contribution in [0.4, 0.5) is 5.69 Å². The van der Waals surface area contributed by atoms with E-state index in [1.165, 1.54) is 23.0 Å². The third kappa shape index (κ3) is 3.78. The van der Waals surface area contributed by atoms with Crippen molar-refractivity contribution < 1.29 is 4.79 Å². The van der Waals surface area contributed by atoms with Gasteiger partial charge >= 0.3 is 0 Å². The molecule has 0 saturated carbocycles. The zero-order chi connectivity index (χ0) is 18.0. The monoisotopic (exact) mass is 391 g/mol. The number of aromatic nitrogens is 2. The van der Waals surface area contributed by atoms with Crippen molar-refractivity contribution in [2.45, 2.75) is 34.9 Å². The smallest absolute Gasteiger partial charge is 0.175 e. The van der Waals surface area contributed by atoms with Crippen LogP contribution in [0.3, 0.4) is 0 Å². The lowest BCUT2D eigenvalue weighted by Crippen LogP contribution is -2.24. The number of benzene rings is 1. The summed E-state index contributed by atoms with van der Waals surface area (Å²) >= 11 is 4.69. The molecule has 132 valence electrons. The van der Waals surface area contributed by atoms with Crippen LogP contribution in [0, 0.1) is 0 Å². The van der Waals surface area contributed by atoms with Crippen LogP contribution in [-0.2, 0) is 10.2 Å². The van der Waals surface area contributed by atoms with Crippen molar-refractivity contribution in [3.63, 3.8) is 0 Å². The molecular weight excluding hydrogens is 370 g/mol. The SMILES string of the molecule is CCSc1nnc(SCC(=O)C=C2N(C)c3ccccc3C2(C)C)s1. The number of hydrogen-bond acceptors (Lipinski definition) is 7. The van der Waals surface area contributed by atoms with Crippen LogP contribution in [0.25, 0.3) is 0 Å². The molecule has 0 radical (unpaired) electrons. The van der Waals surface area contributed by atoms with Crippen molar-refractivity contribution in [2.24, 2.45) is 0 Å². The Morgan fingerprint density at radius 2 is 1.92 bits per heavy atom. The molecule has 0 amide bonds. The summed E-state index contributed by atoms with van der Waals surface area (Å²) in [6.45, 7) is 6.42. The van der Waals surface area contributed by atoms with Gasteiger partial charge in [0, 0.05) is 29.9 Å². The summed E-state index contributed by atoms with van der Waals surface area (Å²) in [7, 11) is 2.03. The first-order chi connectivity index (χ1) is 11.9. The zero-order valence-corrected chi connectivity index (χ0v) is 17.2. The van der Waals surface area contributed by atoms with Gasteiger partial charge in [-0.05, 0) is 17.4 Å². The third-order valence-corrected chi connectivity index (χ3v) is 7.33. The molecule has 0 aliphatic carbocycles. The van der Waals surface area contributed by atoms with Gasteiger partial charge in [0.1, 0.15) is 0 Å². The van der Waals surface area contributed by atoms with Crippen LogP contribution >= 0.6 is 34.9 Å². The minimum absolute atomic E-state index is 0.104. The van der Waals surface area contributed by atoms with Gasteiger partial charge in [0.15, 0.2) is 14.5 Å². The standard InChI is InChI=1S/C18H21N3OS3/c1-5-23-16-19-20-17(25-16)24-11-12(22)10-15-18(2,3)13-8-6-7-9-14(13)21(15)4/h6-10H,5,11H2,1-4H3. The Morgan fingerprint density at radius 1 is 1.24 bits per heavy atom. The second-order valence-corrected chi connectivity index (χ2v) is 9.96. The average molecular weight is 392 g/mol. The van der Waals surface area contributed by atoms with Crippen LogP contribution in [0.5, 0.6) is 0 Å². The summed E-state index contributed by atoms with van der Waals surface area (Å²) in [5, 5.41) is 8.27. The van der Waals surface area contributed by atoms with E-state index in [-0.39, 0.29) is 11.2 Å². The highest BCUT2D eigenvalue weighted by Crippen LogP contribution is 2.46. The van der Waals surface area contributed by atoms with Gasteiger partial charge in [-0.15, -0.1) is 10.2 Å². The van der Waals surface area contributed by atoms with Crippen LogP contribution in [0.15, 0.2) is 44.7 Å². The molecule has 0 atom stereocenters. The second-order valence-electron chi connectivity index (χ2n) is 6.25. The van der Waals surface area contributed by atoms with Crippen molar-refractivity contribution in [3.8, 4) is 0 Å². The van der Waals surface area contributed by atoms with Crippen molar-refractivity contribution in [2.75, 3.05) is 23.5 Å². The topological polar surface area (TPSA) is 46.1 Å². The zero-order valence-electron chi connectivity index (χ0n) is 14.8. The van der Waals surface area contributed by atoms with Gasteiger partial charge in [0.2, 0.25) is 0 Å². The fourth-order valence-electron chi connectivity index (χ4n) is 3.02. The van der Waals surface area contributed by atoms with E-state index >= 15 is 0 Å². The highest BCUT2D eigenvalue weighted by atomic mass is 32.2. The number of carbonyl (C=O) groups is 1. The Kier molecular flexibility index (Phi) is 5.55. The van der Waals surface area contributed by atoms with Gasteiger partial charge in [-0.2, -0.15) is 0 Å². The molecule has 0 unspecified atom stereocenters. The Balaban J connectivity index is 1.71. The number of likely N-dealkylation sites (N-methyl/N-ethyl adjacent to an activating group) is 1. The summed E-state index contributed by atoms with van der Waals surface area (Å²) < 4.78 is 1.81. The molecule has 0 saturated heterocycles. The van der Waals surface area contributed by atoms with E-state index in [0.717, 1.165) is 20.1 Å². The maximum atomic E-state index is 12.5. The first-order valence-corrected chi connectivity index (χ1v) is 10.9. The maximum Gasteiger partial charge on any atom is 0.175 e. The molecular formula is C18H21N3OS3. The van der Waals surface area contributed by atoms with Crippen molar-refractivity contribution >= 4 is 46.3 Å². The van der Waals surface area contributed by atoms with Crippen LogP contribution in [-0.4, -0.2) is 34.5 Å². The molecule has 0 bridgehead atoms. The lowest BCUT2D eigenvalue weighted by molar-refractivity contribution is -0.112. The largest absolute Gasteiger partial charge is 0.347 e. The van der Waals surface area contributed by atoms with Crippen molar-refractivity contribution in [3.05, 3.63) is 41.6 Å². The number of anilines is 1. The molecule has 0 spiro atoms. The predicted octanol–water partition coefficient (Wildman–Crippen LogP) is 4.62. The van der Waals surface area contributed by atoms with E-state index in [1.54, 1.807) is 29.2 Å². The normalized spacial score (nSPS) is 17.1. The molecule has 1 aromatic heterocycles. The number of fused-ring (bicyclic) bond motifs is 1. The van der Waals surface area contributed by atoms with Crippen molar-refractivity contribution in [1.29, 1.82) is 0 Å². The first-order valence-electron chi connectivity index (χ1n) is 8.10. The van der Waals surface area contributed by atoms with E-state index < -0.39 is 0 Å². The quantitative estimate of drug-likeness (QED) is 0.529. The molecule has 7 heteroatoms. The van der Waals surface area contributed by atoms with E-state index in [1.807, 2.05) is 13.1 Å². The van der Waals surface area contributed by atoms with E-state index in [0.29, 0.717) is 5.75 Å². The van der Waals surface area contributed by atoms with Gasteiger partial charge < -0.3 is 4.90 Å². The van der Waals surface area contributed by atoms with Crippen LogP contribution < -0.4 is 4.90 Å². The first kappa shape index (κ1) is 18.5. The molecule has 1 aliphatic rings. The second kappa shape index (κ2) is 7.51. The molecule has 0 fully saturated rings. The van der Waals surface area contributed by atoms with Gasteiger partial charge in [-0.3, -0.25) is 4.79 Å². The van der Waals surface area contributed by atoms with Gasteiger partial charge in [0.25, 0.3) is 0 Å². The number of allylic oxidation sites excluding steroid dienone is 2. The third-order valence-electron chi connectivity index (χ3n) is 4.23. The van der Waals surface area contributed by atoms with Gasteiger partial charge in [-0.1, -0.05) is 73.8 Å². The molecule has 2 heterocycles. The summed E-state index contributed by atoms with van der Waals surface area (Å²) in [5.74, 6) is 1.47. The van der Waals surface area contributed by atoms with Crippen molar-refractivity contribution in [1.82, 2.24) is 10.2 Å². The summed E-state index contributed by atoms with van der Waals surface area (Å²) in [6, 6.07) is 8.33. The number of carbonyl (C=O) groups excluding carboxylic acids is 1. The molecule has 1 aliphatic heterocycles. The summed E-state index contributed by atoms with van der Waals surface area (Å²) in [4.78, 5) is 14.6. The predicted molar refractivity (Wildman–Crippen MR) is 108 cm³/mol. The van der Waals surface area contributed by atoms with Crippen LogP contribution in [0.1, 0.15) is 26.3 Å². The van der Waals surface area contributed by atoms with E-state index in [4.69, 9.17) is 0 Å². The van der Waals surface area contributed by atoms with Crippen LogP contribution in [0.2, 0.25) is 0 Å². The number of para-hydroxylation sites is 1.